The van der Waals surface area contributed by atoms with E-state index in [1.54, 1.807) is 28.4 Å². The van der Waals surface area contributed by atoms with Crippen molar-refractivity contribution in [2.45, 2.75) is 56.3 Å². The molecule has 63 heavy (non-hydrogen) atoms. The van der Waals surface area contributed by atoms with E-state index in [1.807, 2.05) is 91.9 Å². The van der Waals surface area contributed by atoms with Crippen LogP contribution in [0.15, 0.2) is 127 Å². The molecule has 11 nitrogen and oxygen atoms in total. The number of nitrogens with zero attached hydrogens (tertiary/aromatic N) is 2. The van der Waals surface area contributed by atoms with Gasteiger partial charge in [-0.15, -0.1) is 0 Å². The van der Waals surface area contributed by atoms with E-state index in [1.165, 1.54) is 11.1 Å². The summed E-state index contributed by atoms with van der Waals surface area (Å²) in [5, 5.41) is 6.22. The fourth-order valence-corrected chi connectivity index (χ4v) is 9.06. The number of alkyl carbamates (subject to hydrolysis) is 1. The van der Waals surface area contributed by atoms with Gasteiger partial charge in [-0.3, -0.25) is 4.79 Å². The van der Waals surface area contributed by atoms with Gasteiger partial charge in [-0.1, -0.05) is 66.7 Å². The first-order valence-corrected chi connectivity index (χ1v) is 22.1. The SMILES string of the molecule is CCOC(=O)NCC1(c2cccc(OC)c2)CCCN(c2ccccc2OC)CC1.COc1cccc(C2(CNC(=O)c3ccccc3)CCCN(c3ccccc3OC)CC2)c1. The number of nitrogens with one attached hydrogen (secondary N) is 2. The van der Waals surface area contributed by atoms with E-state index in [-0.39, 0.29) is 22.8 Å². The number of amides is 2. The zero-order valence-electron chi connectivity index (χ0n) is 37.6. The molecule has 7 rings (SSSR count). The smallest absolute Gasteiger partial charge is 0.407 e. The Bertz CT molecular complexity index is 2220. The highest BCUT2D eigenvalue weighted by atomic mass is 16.5. The van der Waals surface area contributed by atoms with Crippen LogP contribution in [0.25, 0.3) is 0 Å². The monoisotopic (exact) mass is 856 g/mol. The second-order valence-electron chi connectivity index (χ2n) is 16.2. The Morgan fingerprint density at radius 1 is 0.540 bits per heavy atom. The third-order valence-corrected chi connectivity index (χ3v) is 12.6. The summed E-state index contributed by atoms with van der Waals surface area (Å²) in [5.74, 6) is 3.41. The first-order valence-electron chi connectivity index (χ1n) is 22.1. The molecule has 5 aromatic carbocycles. The number of benzene rings is 5. The number of ether oxygens (including phenoxy) is 5. The Morgan fingerprint density at radius 3 is 1.49 bits per heavy atom. The van der Waals surface area contributed by atoms with Crippen molar-refractivity contribution in [1.82, 2.24) is 10.6 Å². The topological polar surface area (TPSA) is 111 Å². The number of hydrogen-bond donors (Lipinski definition) is 2. The van der Waals surface area contributed by atoms with Gasteiger partial charge in [0.15, 0.2) is 0 Å². The Morgan fingerprint density at radius 2 is 1.02 bits per heavy atom. The van der Waals surface area contributed by atoms with E-state index < -0.39 is 0 Å². The van der Waals surface area contributed by atoms with Crippen LogP contribution >= 0.6 is 0 Å². The molecule has 0 bridgehead atoms. The minimum absolute atomic E-state index is 0.0382. The minimum atomic E-state index is -0.370. The maximum absolute atomic E-state index is 12.9. The average Bonchev–Trinajstić information content (AvgIpc) is 3.71. The van der Waals surface area contributed by atoms with Crippen molar-refractivity contribution in [3.63, 3.8) is 0 Å². The highest BCUT2D eigenvalue weighted by Crippen LogP contribution is 2.41. The largest absolute Gasteiger partial charge is 0.497 e. The highest BCUT2D eigenvalue weighted by Gasteiger charge is 2.37. The molecule has 5 aromatic rings. The van der Waals surface area contributed by atoms with Crippen LogP contribution in [-0.2, 0) is 15.6 Å². The molecule has 0 spiro atoms. The molecule has 0 aromatic heterocycles. The summed E-state index contributed by atoms with van der Waals surface area (Å²) < 4.78 is 27.3. The molecule has 0 saturated carbocycles. The molecular formula is C52H64N4O7. The number of hydrogen-bond acceptors (Lipinski definition) is 9. The van der Waals surface area contributed by atoms with Crippen LogP contribution in [0.3, 0.4) is 0 Å². The van der Waals surface area contributed by atoms with Gasteiger partial charge in [0, 0.05) is 55.7 Å². The van der Waals surface area contributed by atoms with E-state index in [0.717, 1.165) is 99.1 Å². The minimum Gasteiger partial charge on any atom is -0.497 e. The van der Waals surface area contributed by atoms with E-state index in [4.69, 9.17) is 23.7 Å². The standard InChI is InChI=1S/C28H32N2O3.C24H32N2O4/c1-32-24-13-8-12-23(20-24)28(21-29-27(31)22-10-4-3-5-11-22)16-9-18-30(19-17-28)25-14-6-7-15-26(25)33-2;1-4-30-23(27)25-18-24(19-9-7-10-20(17-19)28-2)13-8-15-26(16-14-24)21-11-5-6-12-22(21)29-3/h3-8,10-15,20H,9,16-19,21H2,1-2H3,(H,29,31);5-7,9-12,17H,4,8,13-16,18H2,1-3H3,(H,25,27). The normalized spacial score (nSPS) is 18.6. The first kappa shape index (κ1) is 46.2. The van der Waals surface area contributed by atoms with Crippen LogP contribution in [0.2, 0.25) is 0 Å². The Labute approximate surface area is 373 Å². The average molecular weight is 857 g/mol. The number of rotatable bonds is 14. The van der Waals surface area contributed by atoms with Gasteiger partial charge in [-0.05, 0) is 117 Å². The molecule has 2 unspecified atom stereocenters. The predicted octanol–water partition coefficient (Wildman–Crippen LogP) is 9.44. The van der Waals surface area contributed by atoms with Crippen molar-refractivity contribution in [1.29, 1.82) is 0 Å². The summed E-state index contributed by atoms with van der Waals surface area (Å²) in [6.45, 7) is 6.89. The Balaban J connectivity index is 0.000000211. The summed E-state index contributed by atoms with van der Waals surface area (Å²) in [5.41, 5.74) is 4.92. The van der Waals surface area contributed by atoms with Crippen molar-refractivity contribution >= 4 is 23.4 Å². The fourth-order valence-electron chi connectivity index (χ4n) is 9.06. The number of anilines is 2. The first-order chi connectivity index (χ1) is 30.8. The van der Waals surface area contributed by atoms with Gasteiger partial charge in [0.25, 0.3) is 5.91 Å². The molecule has 2 aliphatic rings. The summed E-state index contributed by atoms with van der Waals surface area (Å²) in [6.07, 6.45) is 5.37. The summed E-state index contributed by atoms with van der Waals surface area (Å²) >= 11 is 0. The Kier molecular flexibility index (Phi) is 16.6. The highest BCUT2D eigenvalue weighted by molar-refractivity contribution is 5.94. The Hall–Kier alpha value is -6.36. The quantitative estimate of drug-likeness (QED) is 0.113. The number of methoxy groups -OCH3 is 4. The van der Waals surface area contributed by atoms with E-state index in [0.29, 0.717) is 25.3 Å². The molecule has 2 saturated heterocycles. The number of carbonyl (C=O) groups is 2. The van der Waals surface area contributed by atoms with Gasteiger partial charge in [0.05, 0.1) is 46.4 Å². The van der Waals surface area contributed by atoms with Crippen LogP contribution in [0, 0.1) is 0 Å². The second-order valence-corrected chi connectivity index (χ2v) is 16.2. The zero-order valence-corrected chi connectivity index (χ0v) is 37.6. The van der Waals surface area contributed by atoms with Gasteiger partial charge in [0.2, 0.25) is 0 Å². The molecule has 2 N–H and O–H groups in total. The van der Waals surface area contributed by atoms with Gasteiger partial charge >= 0.3 is 6.09 Å². The lowest BCUT2D eigenvalue weighted by molar-refractivity contribution is 0.0940. The maximum atomic E-state index is 12.9. The van der Waals surface area contributed by atoms with E-state index in [2.05, 4.69) is 62.9 Å². The molecular weight excluding hydrogens is 793 g/mol. The van der Waals surface area contributed by atoms with Crippen molar-refractivity contribution in [3.8, 4) is 23.0 Å². The summed E-state index contributed by atoms with van der Waals surface area (Å²) in [6, 6.07) is 42.2. The lowest BCUT2D eigenvalue weighted by atomic mass is 9.74. The third-order valence-electron chi connectivity index (χ3n) is 12.6. The zero-order chi connectivity index (χ0) is 44.5. The molecule has 0 aliphatic carbocycles. The number of carbonyl (C=O) groups excluding carboxylic acids is 2. The van der Waals surface area contributed by atoms with Crippen molar-refractivity contribution < 1.29 is 33.3 Å². The van der Waals surface area contributed by atoms with Crippen molar-refractivity contribution in [3.05, 3.63) is 144 Å². The summed E-state index contributed by atoms with van der Waals surface area (Å²) in [7, 11) is 6.80. The van der Waals surface area contributed by atoms with Crippen LogP contribution in [0.5, 0.6) is 23.0 Å². The molecule has 2 atom stereocenters. The predicted molar refractivity (Wildman–Crippen MR) is 251 cm³/mol. The molecule has 2 aliphatic heterocycles. The molecule has 2 fully saturated rings. The van der Waals surface area contributed by atoms with Crippen LogP contribution in [0.4, 0.5) is 16.2 Å². The van der Waals surface area contributed by atoms with Gasteiger partial charge < -0.3 is 44.1 Å². The maximum Gasteiger partial charge on any atom is 0.407 e. The lowest BCUT2D eigenvalue weighted by Gasteiger charge is -2.34. The molecule has 0 radical (unpaired) electrons. The third kappa shape index (κ3) is 11.8. The van der Waals surface area contributed by atoms with Gasteiger partial charge in [-0.2, -0.15) is 0 Å². The second kappa shape index (κ2) is 22.6. The molecule has 334 valence electrons. The van der Waals surface area contributed by atoms with Crippen molar-refractivity contribution in [2.24, 2.45) is 0 Å². The van der Waals surface area contributed by atoms with Crippen LogP contribution < -0.4 is 39.4 Å². The lowest BCUT2D eigenvalue weighted by Crippen LogP contribution is -2.42. The summed E-state index contributed by atoms with van der Waals surface area (Å²) in [4.78, 5) is 29.7. The fraction of sp³-hybridized carbons (Fsp3) is 0.385. The van der Waals surface area contributed by atoms with E-state index in [9.17, 15) is 9.59 Å². The number of para-hydroxylation sites is 4. The van der Waals surface area contributed by atoms with Gasteiger partial charge in [0.1, 0.15) is 23.0 Å². The van der Waals surface area contributed by atoms with Crippen LogP contribution in [-0.4, -0.2) is 86.3 Å². The van der Waals surface area contributed by atoms with E-state index >= 15 is 0 Å². The van der Waals surface area contributed by atoms with Crippen molar-refractivity contribution in [2.75, 3.05) is 84.1 Å². The van der Waals surface area contributed by atoms with Gasteiger partial charge in [-0.25, -0.2) is 4.79 Å². The molecule has 2 amide bonds. The molecule has 11 heteroatoms. The molecule has 2 heterocycles. The van der Waals surface area contributed by atoms with Crippen LogP contribution in [0.1, 0.15) is 66.9 Å².